The topological polar surface area (TPSA) is 119 Å². The fourth-order valence-corrected chi connectivity index (χ4v) is 8.50. The van der Waals surface area contributed by atoms with Gasteiger partial charge in [-0.1, -0.05) is 36.7 Å². The molecule has 6 rings (SSSR count). The number of urea groups is 1. The number of methoxy groups -OCH3 is 2. The quantitative estimate of drug-likeness (QED) is 0.268. The van der Waals surface area contributed by atoms with Crippen molar-refractivity contribution in [1.82, 2.24) is 10.6 Å². The maximum atomic E-state index is 13.8. The lowest BCUT2D eigenvalue weighted by Gasteiger charge is -2.43. The lowest BCUT2D eigenvalue weighted by molar-refractivity contribution is 0.0133. The van der Waals surface area contributed by atoms with Crippen LogP contribution in [0.3, 0.4) is 0 Å². The summed E-state index contributed by atoms with van der Waals surface area (Å²) >= 11 is 6.44. The molecule has 12 heteroatoms. The van der Waals surface area contributed by atoms with Crippen molar-refractivity contribution in [2.24, 2.45) is 22.1 Å². The maximum absolute atomic E-state index is 13.8. The van der Waals surface area contributed by atoms with Gasteiger partial charge in [-0.15, -0.1) is 0 Å². The van der Waals surface area contributed by atoms with E-state index in [1.807, 2.05) is 31.2 Å². The van der Waals surface area contributed by atoms with Crippen molar-refractivity contribution in [3.8, 4) is 5.75 Å². The van der Waals surface area contributed by atoms with E-state index < -0.39 is 27.9 Å². The minimum absolute atomic E-state index is 0.0279. The summed E-state index contributed by atoms with van der Waals surface area (Å²) in [6.45, 7) is 3.82. The number of nitrogens with zero attached hydrogens (tertiary/aromatic N) is 2. The molecule has 2 aromatic rings. The highest BCUT2D eigenvalue weighted by Crippen LogP contribution is 2.42. The van der Waals surface area contributed by atoms with E-state index >= 15 is 0 Å². The molecule has 3 amide bonds. The van der Waals surface area contributed by atoms with Gasteiger partial charge in [-0.2, -0.15) is 4.36 Å². The molecule has 8 atom stereocenters. The van der Waals surface area contributed by atoms with Crippen molar-refractivity contribution in [3.05, 3.63) is 70.3 Å². The van der Waals surface area contributed by atoms with Gasteiger partial charge >= 0.3 is 6.03 Å². The van der Waals surface area contributed by atoms with Gasteiger partial charge in [0.1, 0.15) is 11.1 Å². The molecule has 0 saturated heterocycles. The summed E-state index contributed by atoms with van der Waals surface area (Å²) in [6, 6.07) is 10.9. The van der Waals surface area contributed by atoms with E-state index in [0.29, 0.717) is 42.7 Å². The van der Waals surface area contributed by atoms with Crippen LogP contribution >= 0.6 is 11.6 Å². The number of anilines is 1. The number of halogens is 1. The number of thiol groups is 1. The van der Waals surface area contributed by atoms with Gasteiger partial charge in [0.05, 0.1) is 41.1 Å². The van der Waals surface area contributed by atoms with Crippen molar-refractivity contribution < 1.29 is 28.0 Å². The van der Waals surface area contributed by atoms with Crippen LogP contribution in [0, 0.1) is 17.8 Å². The Bertz CT molecular complexity index is 1610. The van der Waals surface area contributed by atoms with Gasteiger partial charge in [0.25, 0.3) is 5.91 Å². The van der Waals surface area contributed by atoms with Crippen molar-refractivity contribution in [3.63, 3.8) is 0 Å². The Morgan fingerprint density at radius 3 is 2.69 bits per heavy atom. The Labute approximate surface area is 290 Å². The van der Waals surface area contributed by atoms with Gasteiger partial charge in [-0.3, -0.25) is 9.00 Å². The van der Waals surface area contributed by atoms with E-state index in [1.54, 1.807) is 20.3 Å². The van der Waals surface area contributed by atoms with Crippen molar-refractivity contribution in [1.29, 1.82) is 0 Å². The van der Waals surface area contributed by atoms with Crippen LogP contribution in [-0.4, -0.2) is 67.1 Å². The number of carbonyl (C=O) groups is 2. The zero-order valence-electron chi connectivity index (χ0n) is 27.9. The van der Waals surface area contributed by atoms with Crippen LogP contribution in [-0.2, 0) is 33.0 Å². The Morgan fingerprint density at radius 1 is 1.08 bits per heavy atom. The summed E-state index contributed by atoms with van der Waals surface area (Å²) in [5.41, 5.74) is 3.53. The van der Waals surface area contributed by atoms with E-state index in [1.165, 1.54) is 11.1 Å². The van der Waals surface area contributed by atoms with Crippen LogP contribution in [0.15, 0.2) is 52.9 Å². The fraction of sp³-hybridized carbons (Fsp3) is 0.556. The molecular weight excluding hydrogens is 652 g/mol. The molecule has 2 N–H and O–H groups in total. The van der Waals surface area contributed by atoms with Gasteiger partial charge in [0.2, 0.25) is 0 Å². The number of benzene rings is 2. The zero-order chi connectivity index (χ0) is 33.8. The number of allylic oxidation sites excluding steroid dienone is 1. The Morgan fingerprint density at radius 2 is 1.94 bits per heavy atom. The van der Waals surface area contributed by atoms with Crippen molar-refractivity contribution in [2.75, 3.05) is 32.3 Å². The van der Waals surface area contributed by atoms with E-state index in [-0.39, 0.29) is 24.2 Å². The second-order valence-electron chi connectivity index (χ2n) is 13.5. The summed E-state index contributed by atoms with van der Waals surface area (Å²) in [6.07, 6.45) is 10.1. The van der Waals surface area contributed by atoms with Crippen LogP contribution in [0.1, 0.15) is 66.9 Å². The number of carbonyl (C=O) groups excluding carboxylic acids is 2. The predicted octanol–water partition coefficient (Wildman–Crippen LogP) is 5.92. The summed E-state index contributed by atoms with van der Waals surface area (Å²) in [4.78, 5) is 28.9. The van der Waals surface area contributed by atoms with Crippen LogP contribution in [0.25, 0.3) is 0 Å². The molecule has 2 saturated carbocycles. The molecule has 260 valence electrons. The number of fused-ring (bicyclic) bond motifs is 3. The van der Waals surface area contributed by atoms with Gasteiger partial charge < -0.3 is 29.7 Å². The maximum Gasteiger partial charge on any atom is 0.316 e. The molecule has 2 aliphatic heterocycles. The average Bonchev–Trinajstić information content (AvgIpc) is 3.82. The normalized spacial score (nSPS) is 31.7. The second kappa shape index (κ2) is 15.6. The highest BCUT2D eigenvalue weighted by molar-refractivity contribution is 7.76. The molecule has 2 bridgehead atoms. The SMILES string of the molecule is CO[C@H]1/C=C/C[C@H](C)C(NC(=O)N[C@@H]2C[C@H]2OC)/[SH](=O)=N\C(=O)c2ccc3c(c2)N(Cc2ccc(Cl)cc2CCCCO3)C[C@@H]2CC[C@H]21. The van der Waals surface area contributed by atoms with E-state index in [0.717, 1.165) is 55.8 Å². The standard InChI is InChI=1S/C36H47ClN4O6S/c1-22-7-6-9-31(45-2)28-14-11-26(28)21-41-20-25-10-13-27(37)17-23(25)8-4-5-16-47-32-15-12-24(18-30(32)41)34(42)40-48(44)35(22)39-36(43)38-29-19-33(29)46-3/h6,9-10,12-13,15,17-18,22,26,28-29,31,33,35,48H,4-5,7-8,11,14,16,19-21H2,1-3H3,(H2,38,39,43)/b9-6+/t22-,26-,28+,29+,31-,33+,35?/m0/s1. The second-order valence-corrected chi connectivity index (χ2v) is 15.3. The van der Waals surface area contributed by atoms with Crippen molar-refractivity contribution >= 4 is 39.8 Å². The lowest BCUT2D eigenvalue weighted by Crippen LogP contribution is -2.47. The number of amides is 3. The summed E-state index contributed by atoms with van der Waals surface area (Å²) in [5, 5.41) is 5.60. The van der Waals surface area contributed by atoms with Crippen LogP contribution in [0.5, 0.6) is 5.75 Å². The highest BCUT2D eigenvalue weighted by Gasteiger charge is 2.40. The first kappa shape index (κ1) is 34.7. The molecule has 2 heterocycles. The minimum atomic E-state index is -2.51. The molecule has 48 heavy (non-hydrogen) atoms. The van der Waals surface area contributed by atoms with Gasteiger partial charge in [-0.25, -0.2) is 4.79 Å². The molecule has 2 unspecified atom stereocenters. The Kier molecular flexibility index (Phi) is 11.3. The first-order valence-corrected chi connectivity index (χ1v) is 18.7. The van der Waals surface area contributed by atoms with Crippen LogP contribution < -0.4 is 20.3 Å². The first-order chi connectivity index (χ1) is 23.2. The number of aryl methyl sites for hydroxylation is 1. The van der Waals surface area contributed by atoms with E-state index in [2.05, 4.69) is 38.1 Å². The Hall–Kier alpha value is -3.12. The summed E-state index contributed by atoms with van der Waals surface area (Å²) in [7, 11) is 0.843. The third kappa shape index (κ3) is 8.18. The van der Waals surface area contributed by atoms with Crippen LogP contribution in [0.4, 0.5) is 10.5 Å². The number of rotatable bonds is 4. The third-order valence-corrected chi connectivity index (χ3v) is 12.0. The molecule has 2 aromatic carbocycles. The van der Waals surface area contributed by atoms with Crippen LogP contribution in [0.2, 0.25) is 5.02 Å². The van der Waals surface area contributed by atoms with Crippen molar-refractivity contribution in [2.45, 2.75) is 82.0 Å². The molecule has 0 spiro atoms. The summed E-state index contributed by atoms with van der Waals surface area (Å²) < 4.78 is 35.6. The first-order valence-electron chi connectivity index (χ1n) is 17.0. The predicted molar refractivity (Wildman–Crippen MR) is 188 cm³/mol. The average molecular weight is 699 g/mol. The van der Waals surface area contributed by atoms with Gasteiger partial charge in [0, 0.05) is 37.9 Å². The molecule has 10 nitrogen and oxygen atoms in total. The largest absolute Gasteiger partial charge is 0.491 e. The zero-order valence-corrected chi connectivity index (χ0v) is 29.6. The molecular formula is C36H47ClN4O6S. The summed E-state index contributed by atoms with van der Waals surface area (Å²) in [5.74, 6) is 0.508. The number of nitrogens with one attached hydrogen (secondary N) is 2. The van der Waals surface area contributed by atoms with E-state index in [9.17, 15) is 13.8 Å². The van der Waals surface area contributed by atoms with E-state index in [4.69, 9.17) is 25.8 Å². The monoisotopic (exact) mass is 698 g/mol. The number of hydrogen-bond acceptors (Lipinski definition) is 7. The third-order valence-electron chi connectivity index (χ3n) is 10.2. The smallest absolute Gasteiger partial charge is 0.316 e. The lowest BCUT2D eigenvalue weighted by atomic mass is 9.70. The molecule has 2 fully saturated rings. The Balaban J connectivity index is 1.38. The molecule has 2 aliphatic carbocycles. The van der Waals surface area contributed by atoms with Gasteiger partial charge in [0.15, 0.2) is 0 Å². The molecule has 0 radical (unpaired) electrons. The minimum Gasteiger partial charge on any atom is -0.491 e. The number of ether oxygens (including phenoxy) is 3. The van der Waals surface area contributed by atoms with Gasteiger partial charge in [-0.05, 0) is 104 Å². The highest BCUT2D eigenvalue weighted by atomic mass is 35.5. The molecule has 4 aliphatic rings. The molecule has 0 aromatic heterocycles. The fourth-order valence-electron chi connectivity index (χ4n) is 7.10. The number of hydrogen-bond donors (Lipinski definition) is 3.